The third kappa shape index (κ3) is 4.21. The summed E-state index contributed by atoms with van der Waals surface area (Å²) in [5, 5.41) is 3.63. The van der Waals surface area contributed by atoms with E-state index < -0.39 is 0 Å². The minimum atomic E-state index is -0.204. The van der Waals surface area contributed by atoms with Gasteiger partial charge in [0.05, 0.1) is 7.11 Å². The van der Waals surface area contributed by atoms with Crippen LogP contribution in [0.4, 0.5) is 11.4 Å². The van der Waals surface area contributed by atoms with E-state index in [1.54, 1.807) is 18.1 Å². The number of nitrogens with one attached hydrogen (secondary N) is 1. The smallest absolute Gasteiger partial charge is 0.291 e. The van der Waals surface area contributed by atoms with E-state index in [0.29, 0.717) is 37.4 Å². The van der Waals surface area contributed by atoms with Crippen LogP contribution in [0.2, 0.25) is 0 Å². The van der Waals surface area contributed by atoms with Crippen molar-refractivity contribution in [3.8, 4) is 5.75 Å². The van der Waals surface area contributed by atoms with Gasteiger partial charge in [-0.15, -0.1) is 0 Å². The largest absolute Gasteiger partial charge is 0.497 e. The molecule has 1 aromatic heterocycles. The fourth-order valence-electron chi connectivity index (χ4n) is 3.69. The third-order valence-corrected chi connectivity index (χ3v) is 5.57. The van der Waals surface area contributed by atoms with Crippen LogP contribution in [0.1, 0.15) is 24.4 Å². The van der Waals surface area contributed by atoms with Gasteiger partial charge in [-0.25, -0.2) is 0 Å². The van der Waals surface area contributed by atoms with Crippen LogP contribution in [0, 0.1) is 5.92 Å². The van der Waals surface area contributed by atoms with Gasteiger partial charge in [0.15, 0.2) is 0 Å². The van der Waals surface area contributed by atoms with E-state index in [-0.39, 0.29) is 23.5 Å². The Balaban J connectivity index is 1.52. The number of amides is 2. The van der Waals surface area contributed by atoms with Crippen LogP contribution in [0.25, 0.3) is 11.0 Å². The summed E-state index contributed by atoms with van der Waals surface area (Å²) >= 11 is 0. The Morgan fingerprint density at radius 3 is 2.32 bits per heavy atom. The maximum Gasteiger partial charge on any atom is 0.291 e. The van der Waals surface area contributed by atoms with Gasteiger partial charge in [-0.1, -0.05) is 26.0 Å². The van der Waals surface area contributed by atoms with E-state index >= 15 is 0 Å². The van der Waals surface area contributed by atoms with Crippen molar-refractivity contribution >= 4 is 34.2 Å². The molecule has 7 heteroatoms. The minimum absolute atomic E-state index is 0.148. The number of furan rings is 1. The third-order valence-electron chi connectivity index (χ3n) is 5.57. The average Bonchev–Trinajstić information content (AvgIpc) is 3.17. The number of ether oxygens (including phenoxy) is 1. The van der Waals surface area contributed by atoms with E-state index in [9.17, 15) is 9.59 Å². The maximum atomic E-state index is 13.3. The van der Waals surface area contributed by atoms with Crippen LogP contribution in [0.15, 0.2) is 52.9 Å². The Kier molecular flexibility index (Phi) is 5.84. The number of anilines is 2. The first-order chi connectivity index (χ1) is 15.0. The van der Waals surface area contributed by atoms with Crippen molar-refractivity contribution in [3.05, 3.63) is 54.3 Å². The van der Waals surface area contributed by atoms with Crippen molar-refractivity contribution < 1.29 is 18.7 Å². The summed E-state index contributed by atoms with van der Waals surface area (Å²) in [6.07, 6.45) is 0. The standard InChI is InChI=1S/C24H27N3O4/c1-16(2)23(28)25-21-19-6-4-5-7-20(19)31-22(21)24(29)27-14-12-26(13-15-27)17-8-10-18(30-3)11-9-17/h4-11,16H,12-15H2,1-3H3,(H,25,28). The molecule has 4 rings (SSSR count). The van der Waals surface area contributed by atoms with Crippen molar-refractivity contribution in [1.29, 1.82) is 0 Å². The molecule has 0 bridgehead atoms. The fourth-order valence-corrected chi connectivity index (χ4v) is 3.69. The monoisotopic (exact) mass is 421 g/mol. The highest BCUT2D eigenvalue weighted by molar-refractivity contribution is 6.11. The molecule has 0 unspecified atom stereocenters. The van der Waals surface area contributed by atoms with Gasteiger partial charge < -0.3 is 24.3 Å². The van der Waals surface area contributed by atoms with E-state index in [0.717, 1.165) is 16.8 Å². The Morgan fingerprint density at radius 2 is 1.68 bits per heavy atom. The molecule has 7 nitrogen and oxygen atoms in total. The van der Waals surface area contributed by atoms with Crippen LogP contribution in [-0.2, 0) is 4.79 Å². The van der Waals surface area contributed by atoms with Crippen LogP contribution >= 0.6 is 0 Å². The Bertz CT molecular complexity index is 1080. The molecule has 0 atom stereocenters. The molecule has 1 aliphatic rings. The Morgan fingerprint density at radius 1 is 1.00 bits per heavy atom. The number of hydrogen-bond donors (Lipinski definition) is 1. The number of carbonyl (C=O) groups excluding carboxylic acids is 2. The lowest BCUT2D eigenvalue weighted by molar-refractivity contribution is -0.118. The highest BCUT2D eigenvalue weighted by atomic mass is 16.5. The van der Waals surface area contributed by atoms with Gasteiger partial charge in [-0.05, 0) is 36.4 Å². The fraction of sp³-hybridized carbons (Fsp3) is 0.333. The summed E-state index contributed by atoms with van der Waals surface area (Å²) in [6.45, 7) is 6.20. The number of benzene rings is 2. The summed E-state index contributed by atoms with van der Waals surface area (Å²) in [7, 11) is 1.65. The van der Waals surface area contributed by atoms with Crippen LogP contribution in [0.5, 0.6) is 5.75 Å². The summed E-state index contributed by atoms with van der Waals surface area (Å²) in [4.78, 5) is 29.7. The van der Waals surface area contributed by atoms with E-state index in [2.05, 4.69) is 10.2 Å². The minimum Gasteiger partial charge on any atom is -0.497 e. The first-order valence-corrected chi connectivity index (χ1v) is 10.5. The zero-order chi connectivity index (χ0) is 22.0. The van der Waals surface area contributed by atoms with Gasteiger partial charge in [0, 0.05) is 43.2 Å². The quantitative estimate of drug-likeness (QED) is 0.674. The molecule has 0 aliphatic carbocycles. The number of rotatable bonds is 5. The number of piperazine rings is 1. The van der Waals surface area contributed by atoms with Gasteiger partial charge >= 0.3 is 0 Å². The van der Waals surface area contributed by atoms with Gasteiger partial charge in [-0.2, -0.15) is 0 Å². The molecule has 1 saturated heterocycles. The predicted octanol–water partition coefficient (Wildman–Crippen LogP) is 4.00. The van der Waals surface area contributed by atoms with E-state index in [1.165, 1.54) is 0 Å². The van der Waals surface area contributed by atoms with Crippen LogP contribution < -0.4 is 15.0 Å². The first-order valence-electron chi connectivity index (χ1n) is 10.5. The van der Waals surface area contributed by atoms with Gasteiger partial charge in [-0.3, -0.25) is 9.59 Å². The molecule has 2 amide bonds. The molecule has 31 heavy (non-hydrogen) atoms. The second kappa shape index (κ2) is 8.71. The topological polar surface area (TPSA) is 75.0 Å². The maximum absolute atomic E-state index is 13.3. The summed E-state index contributed by atoms with van der Waals surface area (Å²) in [5.74, 6) is 0.450. The lowest BCUT2D eigenvalue weighted by atomic mass is 10.1. The van der Waals surface area contributed by atoms with Crippen molar-refractivity contribution in [2.45, 2.75) is 13.8 Å². The van der Waals surface area contributed by atoms with Crippen LogP contribution in [-0.4, -0.2) is 50.0 Å². The van der Waals surface area contributed by atoms with Gasteiger partial charge in [0.2, 0.25) is 11.7 Å². The highest BCUT2D eigenvalue weighted by Crippen LogP contribution is 2.32. The number of para-hydroxylation sites is 1. The number of methoxy groups -OCH3 is 1. The number of nitrogens with zero attached hydrogens (tertiary/aromatic N) is 2. The molecule has 1 N–H and O–H groups in total. The first kappa shape index (κ1) is 20.8. The SMILES string of the molecule is COc1ccc(N2CCN(C(=O)c3oc4ccccc4c3NC(=O)C(C)C)CC2)cc1. The molecule has 2 heterocycles. The van der Waals surface area contributed by atoms with Crippen molar-refractivity contribution in [3.63, 3.8) is 0 Å². The molecule has 3 aromatic rings. The normalized spacial score (nSPS) is 14.2. The van der Waals surface area contributed by atoms with E-state index in [4.69, 9.17) is 9.15 Å². The van der Waals surface area contributed by atoms with Crippen LogP contribution in [0.3, 0.4) is 0 Å². The highest BCUT2D eigenvalue weighted by Gasteiger charge is 2.29. The summed E-state index contributed by atoms with van der Waals surface area (Å²) in [6, 6.07) is 15.3. The zero-order valence-electron chi connectivity index (χ0n) is 18.1. The Hall–Kier alpha value is -3.48. The van der Waals surface area contributed by atoms with Gasteiger partial charge in [0.1, 0.15) is 17.0 Å². The molecular formula is C24H27N3O4. The predicted molar refractivity (Wildman–Crippen MR) is 121 cm³/mol. The summed E-state index contributed by atoms with van der Waals surface area (Å²) in [5.41, 5.74) is 2.14. The molecule has 2 aromatic carbocycles. The number of carbonyl (C=O) groups is 2. The average molecular weight is 421 g/mol. The van der Waals surface area contributed by atoms with Crippen molar-refractivity contribution in [2.24, 2.45) is 5.92 Å². The second-order valence-electron chi connectivity index (χ2n) is 7.92. The Labute approximate surface area is 181 Å². The lowest BCUT2D eigenvalue weighted by Crippen LogP contribution is -2.48. The molecule has 1 aliphatic heterocycles. The van der Waals surface area contributed by atoms with Gasteiger partial charge in [0.25, 0.3) is 5.91 Å². The van der Waals surface area contributed by atoms with E-state index in [1.807, 2.05) is 56.3 Å². The molecule has 0 saturated carbocycles. The molecule has 0 spiro atoms. The molecule has 1 fully saturated rings. The van der Waals surface area contributed by atoms with Crippen molar-refractivity contribution in [2.75, 3.05) is 43.5 Å². The molecular weight excluding hydrogens is 394 g/mol. The van der Waals surface area contributed by atoms with Crippen molar-refractivity contribution in [1.82, 2.24) is 4.90 Å². The summed E-state index contributed by atoms with van der Waals surface area (Å²) < 4.78 is 11.1. The zero-order valence-corrected chi connectivity index (χ0v) is 18.1. The number of fused-ring (bicyclic) bond motifs is 1. The number of hydrogen-bond acceptors (Lipinski definition) is 5. The lowest BCUT2D eigenvalue weighted by Gasteiger charge is -2.35. The second-order valence-corrected chi connectivity index (χ2v) is 7.92. The molecule has 162 valence electrons. The molecule has 0 radical (unpaired) electrons.